The van der Waals surface area contributed by atoms with E-state index in [1.165, 1.54) is 12.1 Å². The number of hydrogen-bond acceptors (Lipinski definition) is 3. The summed E-state index contributed by atoms with van der Waals surface area (Å²) in [6, 6.07) is 14.8. The molecule has 0 radical (unpaired) electrons. The third-order valence-corrected chi connectivity index (χ3v) is 7.71. The summed E-state index contributed by atoms with van der Waals surface area (Å²) in [5.41, 5.74) is -0.875. The molecule has 4 aromatic rings. The van der Waals surface area contributed by atoms with Crippen molar-refractivity contribution >= 4 is 0 Å². The lowest BCUT2D eigenvalue weighted by Gasteiger charge is -2.32. The van der Waals surface area contributed by atoms with Crippen LogP contribution in [0.5, 0.6) is 11.6 Å². The van der Waals surface area contributed by atoms with E-state index in [1.807, 2.05) is 45.9 Å². The highest BCUT2D eigenvalue weighted by Gasteiger charge is 2.37. The minimum absolute atomic E-state index is 0.00753. The van der Waals surface area contributed by atoms with Gasteiger partial charge in [-0.25, -0.2) is 22.5 Å². The van der Waals surface area contributed by atoms with Crippen LogP contribution >= 0.6 is 0 Å². The Morgan fingerprint density at radius 3 is 1.63 bits per heavy atom. The lowest BCUT2D eigenvalue weighted by Crippen LogP contribution is -2.29. The summed E-state index contributed by atoms with van der Waals surface area (Å²) < 4.78 is 66.6. The van der Waals surface area contributed by atoms with Gasteiger partial charge in [-0.05, 0) is 55.3 Å². The Morgan fingerprint density at radius 2 is 1.00 bits per heavy atom. The topological polar surface area (TPSA) is 35.0 Å². The second-order valence-electron chi connectivity index (χ2n) is 11.3. The third kappa shape index (κ3) is 4.05. The van der Waals surface area contributed by atoms with Gasteiger partial charge in [-0.1, -0.05) is 39.8 Å². The molecule has 7 heteroatoms. The van der Waals surface area contributed by atoms with Crippen molar-refractivity contribution in [2.75, 3.05) is 0 Å². The van der Waals surface area contributed by atoms with Crippen LogP contribution in [0.4, 0.5) is 17.6 Å². The van der Waals surface area contributed by atoms with Crippen molar-refractivity contribution in [3.05, 3.63) is 118 Å². The highest BCUT2D eigenvalue weighted by Crippen LogP contribution is 2.42. The Morgan fingerprint density at radius 1 is 0.526 bits per heavy atom. The molecule has 5 rings (SSSR count). The van der Waals surface area contributed by atoms with Crippen LogP contribution in [0.2, 0.25) is 0 Å². The SMILES string of the molecule is CC1(C)c2cccc(n2)Oc2cc(c(F)cc2F)C(C)(C)c2cc(c(F)cc2F)C(C)(C)c2cccc1n2. The normalized spacial score (nSPS) is 17.0. The maximum Gasteiger partial charge on any atom is 0.219 e. The summed E-state index contributed by atoms with van der Waals surface area (Å²) in [5.74, 6) is -3.52. The van der Waals surface area contributed by atoms with E-state index in [2.05, 4.69) is 4.98 Å². The largest absolute Gasteiger partial charge is 0.436 e. The van der Waals surface area contributed by atoms with Gasteiger partial charge in [0, 0.05) is 40.0 Å². The summed E-state index contributed by atoms with van der Waals surface area (Å²) in [7, 11) is 0. The molecule has 8 bridgehead atoms. The van der Waals surface area contributed by atoms with E-state index in [0.717, 1.165) is 6.07 Å². The van der Waals surface area contributed by atoms with Gasteiger partial charge in [0.2, 0.25) is 5.88 Å². The number of benzene rings is 2. The number of rotatable bonds is 0. The van der Waals surface area contributed by atoms with Gasteiger partial charge < -0.3 is 4.74 Å². The van der Waals surface area contributed by atoms with Gasteiger partial charge in [-0.3, -0.25) is 4.98 Å². The summed E-state index contributed by atoms with van der Waals surface area (Å²) in [6.45, 7) is 10.7. The van der Waals surface area contributed by atoms with E-state index in [0.29, 0.717) is 23.1 Å². The van der Waals surface area contributed by atoms with Gasteiger partial charge in [-0.2, -0.15) is 0 Å². The second kappa shape index (κ2) is 8.65. The summed E-state index contributed by atoms with van der Waals surface area (Å²) in [5, 5.41) is 0. The Labute approximate surface area is 219 Å². The first-order valence-electron chi connectivity index (χ1n) is 12.4. The molecule has 0 atom stereocenters. The number of pyridine rings is 2. The first-order chi connectivity index (χ1) is 17.7. The standard InChI is InChI=1S/C31H28F4N2O/c1-29(2)17-13-18(21(33)15-20(17)32)30(3,4)25-9-7-10-26(36-25)31(5,6)27-11-8-12-28(37-27)38-24-14-19(29)22(34)16-23(24)35/h7-16H,1-6H3. The van der Waals surface area contributed by atoms with Gasteiger partial charge >= 0.3 is 0 Å². The molecule has 196 valence electrons. The van der Waals surface area contributed by atoms with Gasteiger partial charge in [0.05, 0.1) is 17.1 Å². The van der Waals surface area contributed by atoms with Crippen molar-refractivity contribution in [1.82, 2.24) is 9.97 Å². The van der Waals surface area contributed by atoms with E-state index >= 15 is 13.2 Å². The van der Waals surface area contributed by atoms with Crippen LogP contribution in [0.25, 0.3) is 0 Å². The quantitative estimate of drug-likeness (QED) is 0.220. The molecule has 0 saturated heterocycles. The van der Waals surface area contributed by atoms with Crippen LogP contribution < -0.4 is 4.74 Å². The Balaban J connectivity index is 1.87. The molecule has 1 aliphatic heterocycles. The van der Waals surface area contributed by atoms with Gasteiger partial charge in [0.25, 0.3) is 0 Å². The molecule has 3 nitrogen and oxygen atoms in total. The lowest BCUT2D eigenvalue weighted by molar-refractivity contribution is 0.412. The van der Waals surface area contributed by atoms with Crippen LogP contribution in [0, 0.1) is 23.3 Å². The summed E-state index contributed by atoms with van der Waals surface area (Å²) in [4.78, 5) is 9.51. The minimum atomic E-state index is -1.32. The van der Waals surface area contributed by atoms with Crippen molar-refractivity contribution in [2.45, 2.75) is 57.8 Å². The highest BCUT2D eigenvalue weighted by molar-refractivity contribution is 5.48. The molecule has 38 heavy (non-hydrogen) atoms. The zero-order valence-electron chi connectivity index (χ0n) is 22.1. The molecule has 0 saturated carbocycles. The summed E-state index contributed by atoms with van der Waals surface area (Å²) in [6.07, 6.45) is 0. The Kier molecular flexibility index (Phi) is 5.89. The fourth-order valence-electron chi connectivity index (χ4n) is 5.07. The number of fused-ring (bicyclic) bond motifs is 8. The van der Waals surface area contributed by atoms with Gasteiger partial charge in [-0.15, -0.1) is 0 Å². The number of aromatic nitrogens is 2. The molecular formula is C31H28F4N2O. The van der Waals surface area contributed by atoms with Crippen LogP contribution in [0.1, 0.15) is 75.3 Å². The van der Waals surface area contributed by atoms with E-state index in [4.69, 9.17) is 9.72 Å². The number of ether oxygens (including phenoxy) is 1. The maximum atomic E-state index is 15.4. The average molecular weight is 521 g/mol. The van der Waals surface area contributed by atoms with Crippen LogP contribution in [0.15, 0.2) is 60.7 Å². The molecular weight excluding hydrogens is 492 g/mol. The molecule has 1 aliphatic rings. The molecule has 2 aromatic carbocycles. The van der Waals surface area contributed by atoms with Crippen molar-refractivity contribution in [2.24, 2.45) is 0 Å². The predicted octanol–water partition coefficient (Wildman–Crippen LogP) is 8.12. The second-order valence-corrected chi connectivity index (χ2v) is 11.3. The zero-order valence-corrected chi connectivity index (χ0v) is 22.1. The molecule has 2 aromatic heterocycles. The smallest absolute Gasteiger partial charge is 0.219 e. The first kappa shape index (κ1) is 25.9. The molecule has 0 N–H and O–H groups in total. The molecule has 0 aliphatic carbocycles. The maximum absolute atomic E-state index is 15.4. The van der Waals surface area contributed by atoms with Crippen molar-refractivity contribution in [1.29, 1.82) is 0 Å². The van der Waals surface area contributed by atoms with Crippen LogP contribution in [-0.2, 0) is 16.2 Å². The van der Waals surface area contributed by atoms with E-state index < -0.39 is 39.5 Å². The fourth-order valence-corrected chi connectivity index (χ4v) is 5.07. The van der Waals surface area contributed by atoms with Crippen molar-refractivity contribution in [3.8, 4) is 11.6 Å². The number of halogens is 4. The monoisotopic (exact) mass is 520 g/mol. The number of hydrogen-bond donors (Lipinski definition) is 0. The zero-order chi connectivity index (χ0) is 27.6. The fraction of sp³-hybridized carbons (Fsp3) is 0.290. The van der Waals surface area contributed by atoms with Crippen molar-refractivity contribution in [3.63, 3.8) is 0 Å². The third-order valence-electron chi connectivity index (χ3n) is 7.71. The average Bonchev–Trinajstić information content (AvgIpc) is 2.85. The Hall–Kier alpha value is -3.74. The highest BCUT2D eigenvalue weighted by atomic mass is 19.1. The van der Waals surface area contributed by atoms with E-state index in [1.54, 1.807) is 32.0 Å². The van der Waals surface area contributed by atoms with Crippen LogP contribution in [0.3, 0.4) is 0 Å². The van der Waals surface area contributed by atoms with Gasteiger partial charge in [0.1, 0.15) is 17.5 Å². The molecule has 0 fully saturated rings. The van der Waals surface area contributed by atoms with Crippen LogP contribution in [-0.4, -0.2) is 9.97 Å². The molecule has 3 heterocycles. The first-order valence-corrected chi connectivity index (χ1v) is 12.4. The van der Waals surface area contributed by atoms with Crippen molar-refractivity contribution < 1.29 is 22.3 Å². The molecule has 0 spiro atoms. The lowest BCUT2D eigenvalue weighted by atomic mass is 9.73. The van der Waals surface area contributed by atoms with E-state index in [9.17, 15) is 4.39 Å². The van der Waals surface area contributed by atoms with Gasteiger partial charge in [0.15, 0.2) is 11.6 Å². The summed E-state index contributed by atoms with van der Waals surface area (Å²) >= 11 is 0. The molecule has 0 amide bonds. The Bertz CT molecular complexity index is 1580. The van der Waals surface area contributed by atoms with E-state index in [-0.39, 0.29) is 28.3 Å². The minimum Gasteiger partial charge on any atom is -0.436 e. The predicted molar refractivity (Wildman–Crippen MR) is 138 cm³/mol. The number of nitrogens with zero attached hydrogens (tertiary/aromatic N) is 2. The molecule has 0 unspecified atom stereocenters.